The zero-order chi connectivity index (χ0) is 19.5. The lowest BCUT2D eigenvalue weighted by atomic mass is 9.92. The van der Waals surface area contributed by atoms with Crippen LogP contribution in [0.15, 0.2) is 29.9 Å². The van der Waals surface area contributed by atoms with Gasteiger partial charge in [0.2, 0.25) is 0 Å². The molecule has 6 nitrogen and oxygen atoms in total. The first kappa shape index (κ1) is 19.4. The molecule has 0 atom stereocenters. The Hall–Kier alpha value is -1.96. The summed E-state index contributed by atoms with van der Waals surface area (Å²) in [6, 6.07) is 6.62. The van der Waals surface area contributed by atoms with Crippen molar-refractivity contribution in [3.63, 3.8) is 0 Å². The van der Waals surface area contributed by atoms with Gasteiger partial charge in [-0.25, -0.2) is 9.97 Å². The third-order valence-corrected chi connectivity index (χ3v) is 6.53. The molecule has 28 heavy (non-hydrogen) atoms. The summed E-state index contributed by atoms with van der Waals surface area (Å²) in [7, 11) is 5.86. The van der Waals surface area contributed by atoms with Crippen LogP contribution in [0.4, 0.5) is 5.82 Å². The van der Waals surface area contributed by atoms with Crippen molar-refractivity contribution in [2.24, 2.45) is 7.05 Å². The van der Waals surface area contributed by atoms with Crippen LogP contribution in [0.5, 0.6) is 0 Å². The van der Waals surface area contributed by atoms with Gasteiger partial charge >= 0.3 is 0 Å². The molecule has 0 bridgehead atoms. The summed E-state index contributed by atoms with van der Waals surface area (Å²) in [5, 5.41) is 2.16. The summed E-state index contributed by atoms with van der Waals surface area (Å²) in [6.45, 7) is 4.81. The summed E-state index contributed by atoms with van der Waals surface area (Å²) in [6.07, 6.45) is 4.19. The van der Waals surface area contributed by atoms with Crippen molar-refractivity contribution in [1.29, 1.82) is 0 Å². The van der Waals surface area contributed by atoms with E-state index in [1.165, 1.54) is 10.6 Å². The number of imidazole rings is 1. The number of pyridine rings is 1. The van der Waals surface area contributed by atoms with E-state index in [1.807, 2.05) is 17.7 Å². The number of aromatic nitrogens is 3. The zero-order valence-corrected chi connectivity index (χ0v) is 17.8. The molecule has 0 radical (unpaired) electrons. The topological polar surface area (TPSA) is 46.4 Å². The molecule has 0 amide bonds. The fraction of sp³-hybridized carbons (Fsp3) is 0.524. The zero-order valence-electron chi connectivity index (χ0n) is 17.0. The third-order valence-electron chi connectivity index (χ3n) is 5.67. The molecule has 150 valence electrons. The SMILES string of the molecule is COCCN(C)c1nc(C2CCN(Cc3cccs3)CC2)cc2c1ncn2C. The molecule has 4 heterocycles. The first-order valence-electron chi connectivity index (χ1n) is 9.92. The Morgan fingerprint density at radius 1 is 1.32 bits per heavy atom. The Morgan fingerprint density at radius 3 is 2.86 bits per heavy atom. The fourth-order valence-electron chi connectivity index (χ4n) is 3.95. The molecule has 1 fully saturated rings. The average Bonchev–Trinajstić information content (AvgIpc) is 3.36. The highest BCUT2D eigenvalue weighted by Crippen LogP contribution is 2.32. The van der Waals surface area contributed by atoms with E-state index in [4.69, 9.17) is 9.72 Å². The molecule has 0 unspecified atom stereocenters. The molecule has 0 N–H and O–H groups in total. The van der Waals surface area contributed by atoms with Crippen molar-refractivity contribution in [1.82, 2.24) is 19.4 Å². The number of ether oxygens (including phenoxy) is 1. The number of nitrogens with zero attached hydrogens (tertiary/aromatic N) is 5. The largest absolute Gasteiger partial charge is 0.383 e. The molecule has 1 aliphatic heterocycles. The lowest BCUT2D eigenvalue weighted by molar-refractivity contribution is 0.204. The van der Waals surface area contributed by atoms with Gasteiger partial charge in [0.15, 0.2) is 5.82 Å². The highest BCUT2D eigenvalue weighted by atomic mass is 32.1. The molecule has 0 spiro atoms. The van der Waals surface area contributed by atoms with E-state index in [9.17, 15) is 0 Å². The number of likely N-dealkylation sites (tertiary alicyclic amines) is 1. The molecule has 0 aromatic carbocycles. The number of methoxy groups -OCH3 is 1. The minimum atomic E-state index is 0.508. The number of hydrogen-bond acceptors (Lipinski definition) is 6. The van der Waals surface area contributed by atoms with Gasteiger partial charge in [-0.1, -0.05) is 6.07 Å². The van der Waals surface area contributed by atoms with Crippen LogP contribution in [-0.2, 0) is 18.3 Å². The predicted octanol–water partition coefficient (Wildman–Crippen LogP) is 3.49. The summed E-state index contributed by atoms with van der Waals surface area (Å²) in [5.74, 6) is 1.47. The van der Waals surface area contributed by atoms with Crippen molar-refractivity contribution >= 4 is 28.2 Å². The fourth-order valence-corrected chi connectivity index (χ4v) is 4.70. The van der Waals surface area contributed by atoms with Crippen molar-refractivity contribution in [3.8, 4) is 0 Å². The molecular weight excluding hydrogens is 370 g/mol. The van der Waals surface area contributed by atoms with E-state index in [0.29, 0.717) is 12.5 Å². The van der Waals surface area contributed by atoms with E-state index in [1.54, 1.807) is 7.11 Å². The van der Waals surface area contributed by atoms with Gasteiger partial charge in [-0.3, -0.25) is 4.90 Å². The quantitative estimate of drug-likeness (QED) is 0.609. The van der Waals surface area contributed by atoms with E-state index in [-0.39, 0.29) is 0 Å². The maximum absolute atomic E-state index is 5.25. The van der Waals surface area contributed by atoms with E-state index in [0.717, 1.165) is 55.9 Å². The number of hydrogen-bond donors (Lipinski definition) is 0. The van der Waals surface area contributed by atoms with Gasteiger partial charge in [-0.15, -0.1) is 11.3 Å². The molecule has 0 aliphatic carbocycles. The predicted molar refractivity (Wildman–Crippen MR) is 115 cm³/mol. The Balaban J connectivity index is 1.53. The van der Waals surface area contributed by atoms with Crippen molar-refractivity contribution in [3.05, 3.63) is 40.5 Å². The monoisotopic (exact) mass is 399 g/mol. The first-order valence-corrected chi connectivity index (χ1v) is 10.8. The lowest BCUT2D eigenvalue weighted by Crippen LogP contribution is -2.32. The summed E-state index contributed by atoms with van der Waals surface area (Å²) in [4.78, 5) is 15.8. The van der Waals surface area contributed by atoms with Gasteiger partial charge < -0.3 is 14.2 Å². The third kappa shape index (κ3) is 4.06. The highest BCUT2D eigenvalue weighted by molar-refractivity contribution is 7.09. The Labute approximate surface area is 170 Å². The molecule has 1 saturated heterocycles. The van der Waals surface area contributed by atoms with Crippen LogP contribution in [0.2, 0.25) is 0 Å². The molecule has 0 saturated carbocycles. The second-order valence-corrected chi connectivity index (χ2v) is 8.67. The Bertz CT molecular complexity index is 899. The number of anilines is 1. The van der Waals surface area contributed by atoms with Gasteiger partial charge in [0.05, 0.1) is 18.5 Å². The highest BCUT2D eigenvalue weighted by Gasteiger charge is 2.24. The van der Waals surface area contributed by atoms with Crippen LogP contribution in [0.3, 0.4) is 0 Å². The minimum Gasteiger partial charge on any atom is -0.383 e. The Kier molecular flexibility index (Phi) is 5.94. The first-order chi connectivity index (χ1) is 13.7. The summed E-state index contributed by atoms with van der Waals surface area (Å²) in [5.41, 5.74) is 3.33. The van der Waals surface area contributed by atoms with Gasteiger partial charge in [-0.05, 0) is 43.4 Å². The lowest BCUT2D eigenvalue weighted by Gasteiger charge is -2.32. The molecule has 3 aromatic rings. The van der Waals surface area contributed by atoms with Crippen LogP contribution < -0.4 is 4.90 Å². The number of fused-ring (bicyclic) bond motifs is 1. The molecule has 4 rings (SSSR count). The van der Waals surface area contributed by atoms with Gasteiger partial charge in [0, 0.05) is 50.8 Å². The maximum Gasteiger partial charge on any atom is 0.156 e. The van der Waals surface area contributed by atoms with Crippen LogP contribution in [0, 0.1) is 0 Å². The Morgan fingerprint density at radius 2 is 2.14 bits per heavy atom. The van der Waals surface area contributed by atoms with Crippen molar-refractivity contribution < 1.29 is 4.74 Å². The molecular formula is C21H29N5OS. The summed E-state index contributed by atoms with van der Waals surface area (Å²) < 4.78 is 7.35. The van der Waals surface area contributed by atoms with Gasteiger partial charge in [0.25, 0.3) is 0 Å². The van der Waals surface area contributed by atoms with Crippen molar-refractivity contribution in [2.45, 2.75) is 25.3 Å². The van der Waals surface area contributed by atoms with Crippen LogP contribution in [0.1, 0.15) is 29.3 Å². The van der Waals surface area contributed by atoms with Crippen LogP contribution in [-0.4, -0.2) is 59.8 Å². The smallest absolute Gasteiger partial charge is 0.156 e. The maximum atomic E-state index is 5.25. The van der Waals surface area contributed by atoms with E-state index in [2.05, 4.69) is 57.0 Å². The van der Waals surface area contributed by atoms with Crippen LogP contribution >= 0.6 is 11.3 Å². The molecule has 3 aromatic heterocycles. The van der Waals surface area contributed by atoms with E-state index < -0.39 is 0 Å². The van der Waals surface area contributed by atoms with Crippen LogP contribution in [0.25, 0.3) is 11.0 Å². The summed E-state index contributed by atoms with van der Waals surface area (Å²) >= 11 is 1.85. The van der Waals surface area contributed by atoms with E-state index >= 15 is 0 Å². The number of piperidine rings is 1. The minimum absolute atomic E-state index is 0.508. The molecule has 1 aliphatic rings. The average molecular weight is 400 g/mol. The van der Waals surface area contributed by atoms with Gasteiger partial charge in [-0.2, -0.15) is 0 Å². The number of aryl methyl sites for hydroxylation is 1. The second-order valence-electron chi connectivity index (χ2n) is 7.64. The number of thiophene rings is 1. The van der Waals surface area contributed by atoms with Gasteiger partial charge in [0.1, 0.15) is 5.52 Å². The molecule has 7 heteroatoms. The van der Waals surface area contributed by atoms with Crippen molar-refractivity contribution in [2.75, 3.05) is 45.3 Å². The standard InChI is InChI=1S/C21H29N5OS/c1-24(10-11-27-3)21-20-19(25(2)15-22-20)13-18(23-21)16-6-8-26(9-7-16)14-17-5-4-12-28-17/h4-5,12-13,15-16H,6-11,14H2,1-3H3. The normalized spacial score (nSPS) is 16.1. The number of likely N-dealkylation sites (N-methyl/N-ethyl adjacent to an activating group) is 1. The second kappa shape index (κ2) is 8.59. The number of rotatable bonds is 7.